The zero-order valence-electron chi connectivity index (χ0n) is 10.2. The molecule has 0 saturated heterocycles. The molecule has 0 aliphatic rings. The molecule has 0 bridgehead atoms. The van der Waals surface area contributed by atoms with Crippen molar-refractivity contribution >= 4 is 17.6 Å². The van der Waals surface area contributed by atoms with E-state index in [1.165, 1.54) is 11.8 Å². The fraction of sp³-hybridized carbons (Fsp3) is 0.182. The summed E-state index contributed by atoms with van der Waals surface area (Å²) in [5, 5.41) is 18.5. The maximum absolute atomic E-state index is 11.4. The number of amidine groups is 1. The van der Waals surface area contributed by atoms with Crippen LogP contribution in [0.15, 0.2) is 44.3 Å². The number of aromatic amines is 1. The van der Waals surface area contributed by atoms with E-state index in [1.54, 1.807) is 16.7 Å². The van der Waals surface area contributed by atoms with Gasteiger partial charge in [-0.05, 0) is 30.8 Å². The van der Waals surface area contributed by atoms with Crippen LogP contribution in [0.3, 0.4) is 0 Å². The van der Waals surface area contributed by atoms with Gasteiger partial charge in [0.1, 0.15) is 0 Å². The van der Waals surface area contributed by atoms with E-state index in [0.29, 0.717) is 17.3 Å². The number of hydrogen-bond acceptors (Lipinski definition) is 5. The maximum Gasteiger partial charge on any atom is 0.343 e. The van der Waals surface area contributed by atoms with Crippen molar-refractivity contribution in [2.24, 2.45) is 10.9 Å². The van der Waals surface area contributed by atoms with Gasteiger partial charge in [-0.3, -0.25) is 4.57 Å². The van der Waals surface area contributed by atoms with Crippen molar-refractivity contribution < 1.29 is 5.21 Å². The number of rotatable bonds is 4. The van der Waals surface area contributed by atoms with Gasteiger partial charge < -0.3 is 10.9 Å². The van der Waals surface area contributed by atoms with Crippen molar-refractivity contribution in [1.29, 1.82) is 0 Å². The Hall–Kier alpha value is -2.22. The Balaban J connectivity index is 2.22. The highest BCUT2D eigenvalue weighted by atomic mass is 32.2. The minimum Gasteiger partial charge on any atom is -0.409 e. The third-order valence-electron chi connectivity index (χ3n) is 2.51. The molecule has 1 aromatic carbocycles. The van der Waals surface area contributed by atoms with Gasteiger partial charge in [-0.1, -0.05) is 17.3 Å². The molecule has 1 aromatic heterocycles. The summed E-state index contributed by atoms with van der Waals surface area (Å²) >= 11 is 1.37. The lowest BCUT2D eigenvalue weighted by molar-refractivity contribution is 0.318. The molecule has 8 heteroatoms. The lowest BCUT2D eigenvalue weighted by Gasteiger charge is -2.03. The third-order valence-corrected chi connectivity index (χ3v) is 3.51. The molecular formula is C11H13N5O2S. The van der Waals surface area contributed by atoms with Crippen LogP contribution in [0.25, 0.3) is 0 Å². The standard InChI is InChI=1S/C11H13N5O2S/c1-2-16-10(17)13-14-11(16)19-8-5-3-7(4-6-8)9(12)15-18/h3-6,18H,2H2,1H3,(H2,12,15)(H,13,17). The summed E-state index contributed by atoms with van der Waals surface area (Å²) in [6.07, 6.45) is 0. The topological polar surface area (TPSA) is 109 Å². The van der Waals surface area contributed by atoms with Gasteiger partial charge in [-0.25, -0.2) is 9.89 Å². The largest absolute Gasteiger partial charge is 0.409 e. The monoisotopic (exact) mass is 279 g/mol. The first kappa shape index (κ1) is 13.2. The molecule has 4 N–H and O–H groups in total. The molecule has 100 valence electrons. The molecule has 0 saturated carbocycles. The van der Waals surface area contributed by atoms with Crippen LogP contribution >= 0.6 is 11.8 Å². The summed E-state index contributed by atoms with van der Waals surface area (Å²) in [4.78, 5) is 12.3. The van der Waals surface area contributed by atoms with Crippen LogP contribution in [-0.4, -0.2) is 25.8 Å². The SMILES string of the molecule is CCn1c(Sc2ccc(C(N)=NO)cc2)n[nH]c1=O. The number of aromatic nitrogens is 3. The molecule has 19 heavy (non-hydrogen) atoms. The molecule has 1 heterocycles. The van der Waals surface area contributed by atoms with E-state index < -0.39 is 0 Å². The normalized spacial score (nSPS) is 11.7. The number of hydrogen-bond donors (Lipinski definition) is 3. The summed E-state index contributed by atoms with van der Waals surface area (Å²) in [5.74, 6) is 0.0572. The van der Waals surface area contributed by atoms with Crippen LogP contribution in [0.4, 0.5) is 0 Å². The smallest absolute Gasteiger partial charge is 0.343 e. The van der Waals surface area contributed by atoms with E-state index in [-0.39, 0.29) is 11.5 Å². The molecule has 2 aromatic rings. The highest BCUT2D eigenvalue weighted by molar-refractivity contribution is 7.99. The molecule has 0 unspecified atom stereocenters. The molecule has 0 atom stereocenters. The molecule has 0 aliphatic heterocycles. The average molecular weight is 279 g/mol. The number of nitrogens with one attached hydrogen (secondary N) is 1. The fourth-order valence-corrected chi connectivity index (χ4v) is 2.41. The van der Waals surface area contributed by atoms with Crippen molar-refractivity contribution in [2.75, 3.05) is 0 Å². The molecule has 0 radical (unpaired) electrons. The van der Waals surface area contributed by atoms with Crippen LogP contribution < -0.4 is 11.4 Å². The van der Waals surface area contributed by atoms with Gasteiger partial charge in [0, 0.05) is 17.0 Å². The summed E-state index contributed by atoms with van der Waals surface area (Å²) in [6.45, 7) is 2.43. The van der Waals surface area contributed by atoms with E-state index in [4.69, 9.17) is 10.9 Å². The molecule has 7 nitrogen and oxygen atoms in total. The zero-order valence-corrected chi connectivity index (χ0v) is 11.0. The molecule has 0 aliphatic carbocycles. The van der Waals surface area contributed by atoms with Crippen molar-refractivity contribution in [3.05, 3.63) is 40.3 Å². The minimum atomic E-state index is -0.224. The third kappa shape index (κ3) is 2.79. The first-order chi connectivity index (χ1) is 9.15. The second kappa shape index (κ2) is 5.61. The predicted octanol–water partition coefficient (Wildman–Crippen LogP) is 0.837. The second-order valence-corrected chi connectivity index (χ2v) is 4.71. The van der Waals surface area contributed by atoms with E-state index in [1.807, 2.05) is 19.1 Å². The van der Waals surface area contributed by atoms with Crippen LogP contribution in [0, 0.1) is 0 Å². The molecule has 0 fully saturated rings. The number of nitrogens with two attached hydrogens (primary N) is 1. The highest BCUT2D eigenvalue weighted by Crippen LogP contribution is 2.25. The van der Waals surface area contributed by atoms with Crippen LogP contribution in [0.5, 0.6) is 0 Å². The number of H-pyrrole nitrogens is 1. The summed E-state index contributed by atoms with van der Waals surface area (Å²) < 4.78 is 1.54. The first-order valence-electron chi connectivity index (χ1n) is 5.56. The van der Waals surface area contributed by atoms with Crippen LogP contribution in [0.1, 0.15) is 12.5 Å². The van der Waals surface area contributed by atoms with Crippen molar-refractivity contribution in [3.8, 4) is 0 Å². The lowest BCUT2D eigenvalue weighted by Crippen LogP contribution is -2.16. The quantitative estimate of drug-likeness (QED) is 0.332. The van der Waals surface area contributed by atoms with E-state index in [2.05, 4.69) is 15.4 Å². The molecule has 0 amide bonds. The number of nitrogens with zero attached hydrogens (tertiary/aromatic N) is 3. The minimum absolute atomic E-state index is 0.0572. The van der Waals surface area contributed by atoms with Crippen LogP contribution in [0.2, 0.25) is 0 Å². The Morgan fingerprint density at radius 1 is 1.53 bits per heavy atom. The van der Waals surface area contributed by atoms with Gasteiger partial charge in [-0.2, -0.15) is 0 Å². The van der Waals surface area contributed by atoms with Crippen molar-refractivity contribution in [2.45, 2.75) is 23.5 Å². The second-order valence-electron chi connectivity index (χ2n) is 3.67. The summed E-state index contributed by atoms with van der Waals surface area (Å²) in [7, 11) is 0. The predicted molar refractivity (Wildman–Crippen MR) is 71.6 cm³/mol. The highest BCUT2D eigenvalue weighted by Gasteiger charge is 2.08. The summed E-state index contributed by atoms with van der Waals surface area (Å²) in [5.41, 5.74) is 5.88. The van der Waals surface area contributed by atoms with E-state index >= 15 is 0 Å². The fourth-order valence-electron chi connectivity index (χ4n) is 1.52. The van der Waals surface area contributed by atoms with Gasteiger partial charge in [-0.15, -0.1) is 5.10 Å². The Kier molecular flexibility index (Phi) is 3.91. The Labute approximate surface area is 113 Å². The summed E-state index contributed by atoms with van der Waals surface area (Å²) in [6, 6.07) is 7.10. The van der Waals surface area contributed by atoms with E-state index in [0.717, 1.165) is 4.90 Å². The Morgan fingerprint density at radius 3 is 2.79 bits per heavy atom. The first-order valence-corrected chi connectivity index (χ1v) is 6.38. The lowest BCUT2D eigenvalue weighted by atomic mass is 10.2. The Bertz CT molecular complexity index is 644. The molecular weight excluding hydrogens is 266 g/mol. The number of oxime groups is 1. The van der Waals surface area contributed by atoms with E-state index in [9.17, 15) is 4.79 Å². The van der Waals surface area contributed by atoms with Crippen LogP contribution in [-0.2, 0) is 6.54 Å². The average Bonchev–Trinajstić information content (AvgIpc) is 2.79. The molecule has 0 spiro atoms. The van der Waals surface area contributed by atoms with Gasteiger partial charge in [0.25, 0.3) is 0 Å². The zero-order chi connectivity index (χ0) is 13.8. The van der Waals surface area contributed by atoms with Gasteiger partial charge >= 0.3 is 5.69 Å². The Morgan fingerprint density at radius 2 is 2.21 bits per heavy atom. The van der Waals surface area contributed by atoms with Gasteiger partial charge in [0.05, 0.1) is 0 Å². The molecule has 2 rings (SSSR count). The van der Waals surface area contributed by atoms with Crippen molar-refractivity contribution in [1.82, 2.24) is 14.8 Å². The van der Waals surface area contributed by atoms with Crippen molar-refractivity contribution in [3.63, 3.8) is 0 Å². The van der Waals surface area contributed by atoms with Gasteiger partial charge in [0.2, 0.25) is 0 Å². The maximum atomic E-state index is 11.4. The number of benzene rings is 1. The van der Waals surface area contributed by atoms with Gasteiger partial charge in [0.15, 0.2) is 11.0 Å².